The van der Waals surface area contributed by atoms with Gasteiger partial charge < -0.3 is 20.1 Å². The molecule has 31 heavy (non-hydrogen) atoms. The maximum atomic E-state index is 12.5. The van der Waals surface area contributed by atoms with Crippen LogP contribution in [0.15, 0.2) is 47.8 Å². The Kier molecular flexibility index (Phi) is 7.61. The fraction of sp³-hybridized carbons (Fsp3) is 0.261. The molecule has 0 atom stereocenters. The van der Waals surface area contributed by atoms with Gasteiger partial charge in [-0.1, -0.05) is 19.4 Å². The number of esters is 1. The number of carbonyl (C=O) groups excluding carboxylic acids is 2. The molecule has 2 N–H and O–H groups in total. The number of carbonyl (C=O) groups is 2. The minimum absolute atomic E-state index is 0.294. The van der Waals surface area contributed by atoms with Crippen LogP contribution in [0.2, 0.25) is 0 Å². The molecule has 162 valence electrons. The second-order valence-electron chi connectivity index (χ2n) is 6.89. The van der Waals surface area contributed by atoms with Crippen molar-refractivity contribution in [3.8, 4) is 5.75 Å². The second kappa shape index (κ2) is 10.6. The van der Waals surface area contributed by atoms with E-state index in [1.54, 1.807) is 36.8 Å². The minimum atomic E-state index is -0.367. The molecule has 0 saturated carbocycles. The molecule has 0 aliphatic rings. The van der Waals surface area contributed by atoms with Gasteiger partial charge in [-0.05, 0) is 55.3 Å². The van der Waals surface area contributed by atoms with Crippen LogP contribution in [-0.4, -0.2) is 30.6 Å². The van der Waals surface area contributed by atoms with Crippen LogP contribution >= 0.6 is 11.3 Å². The summed E-state index contributed by atoms with van der Waals surface area (Å²) < 4.78 is 10.5. The quantitative estimate of drug-likeness (QED) is 0.342. The molecule has 8 heteroatoms. The Morgan fingerprint density at radius 1 is 1.13 bits per heavy atom. The molecule has 7 nitrogen and oxygen atoms in total. The Bertz CT molecular complexity index is 1050. The van der Waals surface area contributed by atoms with Gasteiger partial charge in [-0.2, -0.15) is 0 Å². The van der Waals surface area contributed by atoms with Gasteiger partial charge in [0.1, 0.15) is 11.4 Å². The number of hydrogen-bond acceptors (Lipinski definition) is 7. The van der Waals surface area contributed by atoms with Gasteiger partial charge in [0.05, 0.1) is 25.0 Å². The van der Waals surface area contributed by atoms with E-state index in [2.05, 4.69) is 15.6 Å². The van der Waals surface area contributed by atoms with Crippen molar-refractivity contribution in [1.82, 2.24) is 4.98 Å². The first kappa shape index (κ1) is 22.3. The number of nitrogens with one attached hydrogen (secondary N) is 2. The number of unbranched alkanes of at least 4 members (excludes halogenated alkanes) is 1. The third kappa shape index (κ3) is 6.05. The van der Waals surface area contributed by atoms with Crippen molar-refractivity contribution in [3.05, 3.63) is 64.7 Å². The van der Waals surface area contributed by atoms with E-state index in [1.807, 2.05) is 32.0 Å². The van der Waals surface area contributed by atoms with Crippen molar-refractivity contribution in [2.75, 3.05) is 24.4 Å². The number of aryl methyl sites for hydroxylation is 1. The number of nitrogens with zero attached hydrogens (tertiary/aromatic N) is 1. The average molecular weight is 440 g/mol. The number of amides is 1. The molecule has 0 unspecified atom stereocenters. The highest BCUT2D eigenvalue weighted by Crippen LogP contribution is 2.30. The third-order valence-corrected chi connectivity index (χ3v) is 5.20. The summed E-state index contributed by atoms with van der Waals surface area (Å²) in [5, 5.41) is 8.24. The van der Waals surface area contributed by atoms with E-state index in [9.17, 15) is 9.59 Å². The highest BCUT2D eigenvalue weighted by molar-refractivity contribution is 7.14. The normalized spacial score (nSPS) is 10.4. The van der Waals surface area contributed by atoms with Crippen molar-refractivity contribution in [1.29, 1.82) is 0 Å². The van der Waals surface area contributed by atoms with Gasteiger partial charge in [0.2, 0.25) is 0 Å². The SMILES string of the molecule is CCCCOC(=O)c1ccc(NC(=O)c2csc(Nc3cc(C)ccc3OC)n2)cc1. The predicted molar refractivity (Wildman–Crippen MR) is 123 cm³/mol. The van der Waals surface area contributed by atoms with E-state index in [0.29, 0.717) is 34.4 Å². The van der Waals surface area contributed by atoms with E-state index >= 15 is 0 Å². The summed E-state index contributed by atoms with van der Waals surface area (Å²) in [5.74, 6) is -0.00740. The van der Waals surface area contributed by atoms with E-state index in [-0.39, 0.29) is 11.9 Å². The lowest BCUT2D eigenvalue weighted by molar-refractivity contribution is 0.0499. The van der Waals surface area contributed by atoms with E-state index in [0.717, 1.165) is 24.1 Å². The van der Waals surface area contributed by atoms with Crippen LogP contribution < -0.4 is 15.4 Å². The van der Waals surface area contributed by atoms with Gasteiger partial charge in [-0.15, -0.1) is 11.3 Å². The number of anilines is 3. The van der Waals surface area contributed by atoms with E-state index < -0.39 is 0 Å². The highest BCUT2D eigenvalue weighted by atomic mass is 32.1. The summed E-state index contributed by atoms with van der Waals surface area (Å²) in [4.78, 5) is 28.9. The maximum absolute atomic E-state index is 12.5. The Hall–Kier alpha value is -3.39. The molecule has 0 saturated heterocycles. The molecule has 1 aromatic heterocycles. The zero-order chi connectivity index (χ0) is 22.2. The zero-order valence-electron chi connectivity index (χ0n) is 17.7. The Labute approximate surface area is 185 Å². The summed E-state index contributed by atoms with van der Waals surface area (Å²) in [6.45, 7) is 4.43. The molecule has 0 bridgehead atoms. The molecule has 0 radical (unpaired) electrons. The van der Waals surface area contributed by atoms with Gasteiger partial charge in [-0.25, -0.2) is 9.78 Å². The fourth-order valence-corrected chi connectivity index (χ4v) is 3.45. The highest BCUT2D eigenvalue weighted by Gasteiger charge is 2.13. The molecule has 3 aromatic rings. The third-order valence-electron chi connectivity index (χ3n) is 4.44. The van der Waals surface area contributed by atoms with Gasteiger partial charge in [0, 0.05) is 11.1 Å². The number of rotatable bonds is 9. The predicted octanol–water partition coefficient (Wildman–Crippen LogP) is 5.41. The summed E-state index contributed by atoms with van der Waals surface area (Å²) in [7, 11) is 1.60. The number of thiazole rings is 1. The molecule has 3 rings (SSSR count). The molecule has 2 aromatic carbocycles. The van der Waals surface area contributed by atoms with E-state index in [4.69, 9.17) is 9.47 Å². The lowest BCUT2D eigenvalue weighted by atomic mass is 10.2. The summed E-state index contributed by atoms with van der Waals surface area (Å²) in [6, 6.07) is 12.4. The molecule has 0 aliphatic heterocycles. The molecule has 1 amide bonds. The largest absolute Gasteiger partial charge is 0.495 e. The van der Waals surface area contributed by atoms with Crippen molar-refractivity contribution in [3.63, 3.8) is 0 Å². The summed E-state index contributed by atoms with van der Waals surface area (Å²) >= 11 is 1.32. The van der Waals surface area contributed by atoms with Gasteiger partial charge in [-0.3, -0.25) is 4.79 Å². The molecule has 1 heterocycles. The van der Waals surface area contributed by atoms with Crippen LogP contribution in [0.5, 0.6) is 5.75 Å². The van der Waals surface area contributed by atoms with Crippen molar-refractivity contribution >= 4 is 39.7 Å². The standard InChI is InChI=1S/C23H25N3O4S/c1-4-5-12-30-22(28)16-7-9-17(10-8-16)24-21(27)19-14-31-23(26-19)25-18-13-15(2)6-11-20(18)29-3/h6-11,13-14H,4-5,12H2,1-3H3,(H,24,27)(H,25,26). The summed E-state index contributed by atoms with van der Waals surface area (Å²) in [5.41, 5.74) is 3.17. The summed E-state index contributed by atoms with van der Waals surface area (Å²) in [6.07, 6.45) is 1.80. The smallest absolute Gasteiger partial charge is 0.338 e. The van der Waals surface area contributed by atoms with E-state index in [1.165, 1.54) is 11.3 Å². The molecule has 0 aliphatic carbocycles. The Morgan fingerprint density at radius 3 is 2.61 bits per heavy atom. The number of ether oxygens (including phenoxy) is 2. The monoisotopic (exact) mass is 439 g/mol. The van der Waals surface area contributed by atoms with Crippen LogP contribution in [-0.2, 0) is 4.74 Å². The van der Waals surface area contributed by atoms with Gasteiger partial charge >= 0.3 is 5.97 Å². The van der Waals surface area contributed by atoms with Crippen LogP contribution in [0.25, 0.3) is 0 Å². The van der Waals surface area contributed by atoms with Crippen molar-refractivity contribution < 1.29 is 19.1 Å². The number of hydrogen-bond donors (Lipinski definition) is 2. The molecule has 0 fully saturated rings. The van der Waals surface area contributed by atoms with Gasteiger partial charge in [0.15, 0.2) is 5.13 Å². The lowest BCUT2D eigenvalue weighted by Gasteiger charge is -2.09. The zero-order valence-corrected chi connectivity index (χ0v) is 18.5. The van der Waals surface area contributed by atoms with Crippen molar-refractivity contribution in [2.45, 2.75) is 26.7 Å². The fourth-order valence-electron chi connectivity index (χ4n) is 2.75. The first-order chi connectivity index (χ1) is 15.0. The Balaban J connectivity index is 1.61. The lowest BCUT2D eigenvalue weighted by Crippen LogP contribution is -2.13. The first-order valence-electron chi connectivity index (χ1n) is 9.96. The molecular formula is C23H25N3O4S. The average Bonchev–Trinajstić information content (AvgIpc) is 3.23. The molecular weight excluding hydrogens is 414 g/mol. The maximum Gasteiger partial charge on any atom is 0.338 e. The van der Waals surface area contributed by atoms with Gasteiger partial charge in [0.25, 0.3) is 5.91 Å². The number of aromatic nitrogens is 1. The Morgan fingerprint density at radius 2 is 1.90 bits per heavy atom. The topological polar surface area (TPSA) is 89.5 Å². The van der Waals surface area contributed by atoms with Crippen LogP contribution in [0.4, 0.5) is 16.5 Å². The second-order valence-corrected chi connectivity index (χ2v) is 7.75. The van der Waals surface area contributed by atoms with Crippen LogP contribution in [0.3, 0.4) is 0 Å². The minimum Gasteiger partial charge on any atom is -0.495 e. The molecule has 0 spiro atoms. The number of benzene rings is 2. The van der Waals surface area contributed by atoms with Crippen LogP contribution in [0, 0.1) is 6.92 Å². The first-order valence-corrected chi connectivity index (χ1v) is 10.8. The van der Waals surface area contributed by atoms with Crippen molar-refractivity contribution in [2.24, 2.45) is 0 Å². The number of methoxy groups -OCH3 is 1. The van der Waals surface area contributed by atoms with Crippen LogP contribution in [0.1, 0.15) is 46.2 Å².